The van der Waals surface area contributed by atoms with E-state index in [9.17, 15) is 9.18 Å². The highest BCUT2D eigenvalue weighted by Gasteiger charge is 2.11. The average molecular weight is 267 g/mol. The van der Waals surface area contributed by atoms with Crippen molar-refractivity contribution in [2.24, 2.45) is 0 Å². The number of hydrogen-bond donors (Lipinski definition) is 1. The predicted molar refractivity (Wildman–Crippen MR) is 79.4 cm³/mol. The van der Waals surface area contributed by atoms with Gasteiger partial charge in [-0.15, -0.1) is 0 Å². The average Bonchev–Trinajstić information content (AvgIpc) is 2.46. The standard InChI is InChI=1S/C17H14FNO/c1-10-8-13-15(9-14(10)18)19-16(11(2)17(13)20)12-6-4-3-5-7-12/h3-9H,1-2H3,(H,19,20). The van der Waals surface area contributed by atoms with E-state index >= 15 is 0 Å². The van der Waals surface area contributed by atoms with Crippen LogP contribution in [-0.2, 0) is 0 Å². The first-order chi connectivity index (χ1) is 9.58. The van der Waals surface area contributed by atoms with E-state index in [-0.39, 0.29) is 11.2 Å². The second-order valence-corrected chi connectivity index (χ2v) is 4.97. The van der Waals surface area contributed by atoms with Crippen molar-refractivity contribution in [1.82, 2.24) is 4.98 Å². The van der Waals surface area contributed by atoms with Gasteiger partial charge < -0.3 is 4.98 Å². The van der Waals surface area contributed by atoms with Crippen molar-refractivity contribution < 1.29 is 4.39 Å². The highest BCUT2D eigenvalue weighted by Crippen LogP contribution is 2.23. The van der Waals surface area contributed by atoms with Crippen LogP contribution in [0.2, 0.25) is 0 Å². The summed E-state index contributed by atoms with van der Waals surface area (Å²) in [6.45, 7) is 3.45. The van der Waals surface area contributed by atoms with Crippen LogP contribution in [0.1, 0.15) is 11.1 Å². The number of benzene rings is 2. The molecule has 3 aromatic rings. The summed E-state index contributed by atoms with van der Waals surface area (Å²) in [7, 11) is 0. The summed E-state index contributed by atoms with van der Waals surface area (Å²) in [4.78, 5) is 15.6. The number of aromatic nitrogens is 1. The summed E-state index contributed by atoms with van der Waals surface area (Å²) < 4.78 is 13.7. The van der Waals surface area contributed by atoms with Crippen LogP contribution in [-0.4, -0.2) is 4.98 Å². The maximum atomic E-state index is 13.7. The van der Waals surface area contributed by atoms with Gasteiger partial charge in [0.05, 0.1) is 11.2 Å². The lowest BCUT2D eigenvalue weighted by Crippen LogP contribution is -2.10. The van der Waals surface area contributed by atoms with Crippen LogP contribution in [0, 0.1) is 19.7 Å². The van der Waals surface area contributed by atoms with Crippen LogP contribution in [0.25, 0.3) is 22.2 Å². The zero-order valence-corrected chi connectivity index (χ0v) is 11.3. The van der Waals surface area contributed by atoms with E-state index < -0.39 is 0 Å². The van der Waals surface area contributed by atoms with Gasteiger partial charge in [-0.25, -0.2) is 4.39 Å². The van der Waals surface area contributed by atoms with E-state index in [1.54, 1.807) is 19.9 Å². The number of halogens is 1. The maximum absolute atomic E-state index is 13.7. The topological polar surface area (TPSA) is 32.9 Å². The molecule has 1 N–H and O–H groups in total. The molecular weight excluding hydrogens is 253 g/mol. The summed E-state index contributed by atoms with van der Waals surface area (Å²) in [6, 6.07) is 12.6. The molecule has 2 aromatic carbocycles. The minimum atomic E-state index is -0.309. The number of H-pyrrole nitrogens is 1. The first-order valence-electron chi connectivity index (χ1n) is 6.46. The van der Waals surface area contributed by atoms with Gasteiger partial charge in [0.2, 0.25) is 0 Å². The van der Waals surface area contributed by atoms with Gasteiger partial charge in [0.25, 0.3) is 0 Å². The molecule has 1 heterocycles. The van der Waals surface area contributed by atoms with Crippen molar-refractivity contribution in [3.05, 3.63) is 69.6 Å². The van der Waals surface area contributed by atoms with Crippen molar-refractivity contribution in [1.29, 1.82) is 0 Å². The van der Waals surface area contributed by atoms with E-state index in [1.807, 2.05) is 30.3 Å². The Bertz CT molecular complexity index is 850. The van der Waals surface area contributed by atoms with Crippen LogP contribution in [0.3, 0.4) is 0 Å². The molecular formula is C17H14FNO. The molecule has 100 valence electrons. The Balaban J connectivity index is 2.39. The van der Waals surface area contributed by atoms with Gasteiger partial charge in [-0.1, -0.05) is 30.3 Å². The lowest BCUT2D eigenvalue weighted by atomic mass is 10.0. The molecule has 0 spiro atoms. The van der Waals surface area contributed by atoms with Gasteiger partial charge >= 0.3 is 0 Å². The minimum Gasteiger partial charge on any atom is -0.354 e. The molecule has 0 radical (unpaired) electrons. The predicted octanol–water partition coefficient (Wildman–Crippen LogP) is 3.95. The number of aryl methyl sites for hydroxylation is 1. The van der Waals surface area contributed by atoms with Crippen LogP contribution in [0.4, 0.5) is 4.39 Å². The highest BCUT2D eigenvalue weighted by atomic mass is 19.1. The maximum Gasteiger partial charge on any atom is 0.192 e. The van der Waals surface area contributed by atoms with Gasteiger partial charge in [-0.05, 0) is 37.1 Å². The van der Waals surface area contributed by atoms with Gasteiger partial charge in [0.1, 0.15) is 5.82 Å². The zero-order chi connectivity index (χ0) is 14.3. The third kappa shape index (κ3) is 1.92. The molecule has 0 fully saturated rings. The summed E-state index contributed by atoms with van der Waals surface area (Å²) in [6.07, 6.45) is 0. The third-order valence-corrected chi connectivity index (χ3v) is 3.58. The van der Waals surface area contributed by atoms with E-state index in [0.29, 0.717) is 22.0 Å². The van der Waals surface area contributed by atoms with E-state index in [2.05, 4.69) is 4.98 Å². The van der Waals surface area contributed by atoms with Crippen molar-refractivity contribution >= 4 is 10.9 Å². The second-order valence-electron chi connectivity index (χ2n) is 4.97. The molecule has 0 saturated carbocycles. The molecule has 0 atom stereocenters. The van der Waals surface area contributed by atoms with Gasteiger partial charge in [0, 0.05) is 10.9 Å². The van der Waals surface area contributed by atoms with Gasteiger partial charge in [0.15, 0.2) is 5.43 Å². The number of pyridine rings is 1. The minimum absolute atomic E-state index is 0.0549. The molecule has 1 aromatic heterocycles. The Hall–Kier alpha value is -2.42. The number of hydrogen-bond acceptors (Lipinski definition) is 1. The number of fused-ring (bicyclic) bond motifs is 1. The normalized spacial score (nSPS) is 10.9. The Kier molecular flexibility index (Phi) is 2.90. The first kappa shape index (κ1) is 12.6. The highest BCUT2D eigenvalue weighted by molar-refractivity contribution is 5.83. The molecule has 2 nitrogen and oxygen atoms in total. The molecule has 0 aliphatic rings. The smallest absolute Gasteiger partial charge is 0.192 e. The molecule has 3 heteroatoms. The quantitative estimate of drug-likeness (QED) is 0.711. The molecule has 0 aliphatic carbocycles. The molecule has 3 rings (SSSR count). The van der Waals surface area contributed by atoms with Crippen LogP contribution >= 0.6 is 0 Å². The summed E-state index contributed by atoms with van der Waals surface area (Å²) in [5.41, 5.74) is 3.27. The molecule has 0 unspecified atom stereocenters. The molecule has 0 bridgehead atoms. The van der Waals surface area contributed by atoms with Gasteiger partial charge in [-0.2, -0.15) is 0 Å². The van der Waals surface area contributed by atoms with Crippen LogP contribution in [0.5, 0.6) is 0 Å². The summed E-state index contributed by atoms with van der Waals surface area (Å²) >= 11 is 0. The van der Waals surface area contributed by atoms with Gasteiger partial charge in [-0.3, -0.25) is 4.79 Å². The zero-order valence-electron chi connectivity index (χ0n) is 11.3. The van der Waals surface area contributed by atoms with Crippen molar-refractivity contribution in [2.75, 3.05) is 0 Å². The monoisotopic (exact) mass is 267 g/mol. The largest absolute Gasteiger partial charge is 0.354 e. The second kappa shape index (κ2) is 4.60. The Morgan fingerprint density at radius 1 is 1.05 bits per heavy atom. The fourth-order valence-corrected chi connectivity index (χ4v) is 2.41. The molecule has 0 saturated heterocycles. The Labute approximate surface area is 115 Å². The Morgan fingerprint density at radius 3 is 2.45 bits per heavy atom. The number of nitrogens with one attached hydrogen (secondary N) is 1. The first-order valence-corrected chi connectivity index (χ1v) is 6.46. The molecule has 20 heavy (non-hydrogen) atoms. The van der Waals surface area contributed by atoms with E-state index in [4.69, 9.17) is 0 Å². The van der Waals surface area contributed by atoms with Crippen molar-refractivity contribution in [3.63, 3.8) is 0 Å². The summed E-state index contributed by atoms with van der Waals surface area (Å²) in [5.74, 6) is -0.309. The number of aromatic amines is 1. The lowest BCUT2D eigenvalue weighted by Gasteiger charge is -2.09. The molecule has 0 aliphatic heterocycles. The van der Waals surface area contributed by atoms with Crippen molar-refractivity contribution in [2.45, 2.75) is 13.8 Å². The molecule has 0 amide bonds. The lowest BCUT2D eigenvalue weighted by molar-refractivity contribution is 0.620. The SMILES string of the molecule is Cc1cc2c(=O)c(C)c(-c3ccccc3)[nH]c2cc1F. The van der Waals surface area contributed by atoms with Crippen molar-refractivity contribution in [3.8, 4) is 11.3 Å². The third-order valence-electron chi connectivity index (χ3n) is 3.58. The van der Waals surface area contributed by atoms with E-state index in [0.717, 1.165) is 11.3 Å². The summed E-state index contributed by atoms with van der Waals surface area (Å²) in [5, 5.41) is 0.529. The van der Waals surface area contributed by atoms with Crippen LogP contribution < -0.4 is 5.43 Å². The fourth-order valence-electron chi connectivity index (χ4n) is 2.41. The number of rotatable bonds is 1. The fraction of sp³-hybridized carbons (Fsp3) is 0.118. The van der Waals surface area contributed by atoms with Crippen LogP contribution in [0.15, 0.2) is 47.3 Å². The Morgan fingerprint density at radius 2 is 1.75 bits per heavy atom. The van der Waals surface area contributed by atoms with E-state index in [1.165, 1.54) is 6.07 Å².